The van der Waals surface area contributed by atoms with E-state index in [1.165, 1.54) is 18.5 Å². The minimum absolute atomic E-state index is 0.263. The molecule has 1 N–H and O–H groups in total. The smallest absolute Gasteiger partial charge is 0.141 e. The highest BCUT2D eigenvalue weighted by Crippen LogP contribution is 2.19. The first-order chi connectivity index (χ1) is 9.70. The first-order valence-corrected chi connectivity index (χ1v) is 7.00. The summed E-state index contributed by atoms with van der Waals surface area (Å²) < 4.78 is 20.5. The molecule has 0 aliphatic carbocycles. The van der Waals surface area contributed by atoms with Gasteiger partial charge in [0.15, 0.2) is 0 Å². The van der Waals surface area contributed by atoms with E-state index in [1.807, 2.05) is 0 Å². The van der Waals surface area contributed by atoms with Crippen molar-refractivity contribution < 1.29 is 9.13 Å². The van der Waals surface area contributed by atoms with E-state index in [2.05, 4.69) is 31.3 Å². The Hall–Kier alpha value is -1.31. The number of methoxy groups -OCH3 is 1. The van der Waals surface area contributed by atoms with E-state index in [-0.39, 0.29) is 5.82 Å². The van der Waals surface area contributed by atoms with Crippen LogP contribution in [-0.2, 0) is 17.8 Å². The topological polar surface area (TPSA) is 52.0 Å². The third kappa shape index (κ3) is 4.09. The van der Waals surface area contributed by atoms with Crippen LogP contribution < -0.4 is 5.32 Å². The van der Waals surface area contributed by atoms with Gasteiger partial charge in [-0.3, -0.25) is 0 Å². The Bertz CT molecular complexity index is 561. The quantitative estimate of drug-likeness (QED) is 0.781. The highest BCUT2D eigenvalue weighted by molar-refractivity contribution is 9.10. The van der Waals surface area contributed by atoms with Crippen LogP contribution in [-0.4, -0.2) is 35.0 Å². The molecule has 0 radical (unpaired) electrons. The van der Waals surface area contributed by atoms with Crippen LogP contribution in [0.5, 0.6) is 0 Å². The van der Waals surface area contributed by atoms with E-state index in [0.29, 0.717) is 19.7 Å². The van der Waals surface area contributed by atoms with Crippen molar-refractivity contribution in [2.24, 2.45) is 0 Å². The van der Waals surface area contributed by atoms with Crippen molar-refractivity contribution >= 4 is 15.9 Å². The largest absolute Gasteiger partial charge is 0.383 e. The minimum Gasteiger partial charge on any atom is -0.383 e. The molecule has 108 valence electrons. The summed E-state index contributed by atoms with van der Waals surface area (Å²) in [5.74, 6) is 0.568. The molecule has 0 atom stereocenters. The molecule has 20 heavy (non-hydrogen) atoms. The number of nitrogens with one attached hydrogen (secondary N) is 1. The molecule has 2 rings (SSSR count). The van der Waals surface area contributed by atoms with Gasteiger partial charge in [0.2, 0.25) is 0 Å². The van der Waals surface area contributed by atoms with Crippen LogP contribution in [0.1, 0.15) is 11.4 Å². The van der Waals surface area contributed by atoms with Gasteiger partial charge in [0.1, 0.15) is 18.0 Å². The van der Waals surface area contributed by atoms with E-state index in [1.54, 1.807) is 17.9 Å². The number of nitrogens with zero attached hydrogens (tertiary/aromatic N) is 3. The van der Waals surface area contributed by atoms with Gasteiger partial charge in [-0.05, 0) is 17.7 Å². The van der Waals surface area contributed by atoms with Crippen molar-refractivity contribution in [3.05, 3.63) is 46.2 Å². The minimum atomic E-state index is -0.263. The van der Waals surface area contributed by atoms with E-state index in [9.17, 15) is 4.39 Å². The summed E-state index contributed by atoms with van der Waals surface area (Å²) in [4.78, 5) is 4.22. The predicted molar refractivity (Wildman–Crippen MR) is 76.8 cm³/mol. The summed E-state index contributed by atoms with van der Waals surface area (Å²) in [6.45, 7) is 2.56. The maximum atomic E-state index is 13.1. The molecule has 0 bridgehead atoms. The van der Waals surface area contributed by atoms with Crippen LogP contribution in [0.3, 0.4) is 0 Å². The van der Waals surface area contributed by atoms with Gasteiger partial charge in [0.25, 0.3) is 0 Å². The summed E-state index contributed by atoms with van der Waals surface area (Å²) in [7, 11) is 1.66. The fourth-order valence-corrected chi connectivity index (χ4v) is 2.22. The number of hydrogen-bond donors (Lipinski definition) is 1. The SMILES string of the molecule is COCCNCc1ncnn1Cc1ccc(F)cc1Br. The van der Waals surface area contributed by atoms with E-state index in [4.69, 9.17) is 4.74 Å². The summed E-state index contributed by atoms with van der Waals surface area (Å²) in [5, 5.41) is 7.41. The monoisotopic (exact) mass is 342 g/mol. The van der Waals surface area contributed by atoms with Crippen LogP contribution in [0.25, 0.3) is 0 Å². The van der Waals surface area contributed by atoms with Gasteiger partial charge >= 0.3 is 0 Å². The fourth-order valence-electron chi connectivity index (χ4n) is 1.74. The number of rotatable bonds is 7. The molecule has 0 aliphatic rings. The van der Waals surface area contributed by atoms with Crippen molar-refractivity contribution in [1.29, 1.82) is 0 Å². The van der Waals surface area contributed by atoms with E-state index >= 15 is 0 Å². The molecule has 0 spiro atoms. The van der Waals surface area contributed by atoms with Crippen LogP contribution in [0.2, 0.25) is 0 Å². The van der Waals surface area contributed by atoms with Crippen LogP contribution in [0, 0.1) is 5.82 Å². The molecule has 1 aromatic heterocycles. The maximum absolute atomic E-state index is 13.1. The molecule has 0 fully saturated rings. The van der Waals surface area contributed by atoms with Gasteiger partial charge in [-0.2, -0.15) is 5.10 Å². The highest BCUT2D eigenvalue weighted by atomic mass is 79.9. The second kappa shape index (κ2) is 7.47. The molecule has 1 heterocycles. The molecule has 1 aromatic carbocycles. The van der Waals surface area contributed by atoms with Gasteiger partial charge in [-0.25, -0.2) is 14.1 Å². The van der Waals surface area contributed by atoms with E-state index in [0.717, 1.165) is 22.4 Å². The molecule has 0 aliphatic heterocycles. The lowest BCUT2D eigenvalue weighted by Gasteiger charge is -2.09. The Balaban J connectivity index is 2.01. The van der Waals surface area contributed by atoms with E-state index < -0.39 is 0 Å². The third-order valence-corrected chi connectivity index (χ3v) is 3.54. The molecular formula is C13H16BrFN4O. The summed E-state index contributed by atoms with van der Waals surface area (Å²) in [6.07, 6.45) is 1.52. The average Bonchev–Trinajstić information content (AvgIpc) is 2.85. The van der Waals surface area contributed by atoms with Crippen molar-refractivity contribution in [3.63, 3.8) is 0 Å². The van der Waals surface area contributed by atoms with Gasteiger partial charge in [0.05, 0.1) is 19.7 Å². The molecule has 0 saturated carbocycles. The zero-order valence-electron chi connectivity index (χ0n) is 11.1. The molecule has 0 unspecified atom stereocenters. The molecule has 2 aromatic rings. The maximum Gasteiger partial charge on any atom is 0.141 e. The molecular weight excluding hydrogens is 327 g/mol. The normalized spacial score (nSPS) is 10.9. The third-order valence-electron chi connectivity index (χ3n) is 2.80. The lowest BCUT2D eigenvalue weighted by Crippen LogP contribution is -2.21. The first kappa shape index (κ1) is 15.1. The van der Waals surface area contributed by atoms with Crippen LogP contribution >= 0.6 is 15.9 Å². The van der Waals surface area contributed by atoms with Crippen molar-refractivity contribution in [1.82, 2.24) is 20.1 Å². The molecule has 0 saturated heterocycles. The number of hydrogen-bond acceptors (Lipinski definition) is 4. The second-order valence-corrected chi connectivity index (χ2v) is 5.09. The zero-order chi connectivity index (χ0) is 14.4. The van der Waals surface area contributed by atoms with Crippen LogP contribution in [0.15, 0.2) is 29.0 Å². The number of ether oxygens (including phenoxy) is 1. The Morgan fingerprint density at radius 1 is 1.45 bits per heavy atom. The Morgan fingerprint density at radius 3 is 3.05 bits per heavy atom. The highest BCUT2D eigenvalue weighted by Gasteiger charge is 2.07. The Kier molecular flexibility index (Phi) is 5.63. The standard InChI is InChI=1S/C13H16BrFN4O/c1-20-5-4-16-7-13-17-9-18-19(13)8-10-2-3-11(15)6-12(10)14/h2-3,6,9,16H,4-5,7-8H2,1H3. The zero-order valence-corrected chi connectivity index (χ0v) is 12.7. The van der Waals surface area contributed by atoms with Crippen molar-refractivity contribution in [2.45, 2.75) is 13.1 Å². The second-order valence-electron chi connectivity index (χ2n) is 4.24. The summed E-state index contributed by atoms with van der Waals surface area (Å²) in [6, 6.07) is 4.62. The predicted octanol–water partition coefficient (Wildman–Crippen LogP) is 1.96. The summed E-state index contributed by atoms with van der Waals surface area (Å²) in [5.41, 5.74) is 0.954. The Morgan fingerprint density at radius 2 is 2.30 bits per heavy atom. The number of aromatic nitrogens is 3. The fraction of sp³-hybridized carbons (Fsp3) is 0.385. The van der Waals surface area contributed by atoms with Gasteiger partial charge in [-0.1, -0.05) is 22.0 Å². The van der Waals surface area contributed by atoms with Gasteiger partial charge < -0.3 is 10.1 Å². The van der Waals surface area contributed by atoms with Gasteiger partial charge in [0, 0.05) is 18.1 Å². The number of benzene rings is 1. The lowest BCUT2D eigenvalue weighted by molar-refractivity contribution is 0.198. The van der Waals surface area contributed by atoms with Crippen LogP contribution in [0.4, 0.5) is 4.39 Å². The molecule has 0 amide bonds. The van der Waals surface area contributed by atoms with Crippen molar-refractivity contribution in [2.75, 3.05) is 20.3 Å². The summed E-state index contributed by atoms with van der Waals surface area (Å²) >= 11 is 3.36. The molecule has 7 heteroatoms. The van der Waals surface area contributed by atoms with Gasteiger partial charge in [-0.15, -0.1) is 0 Å². The first-order valence-electron chi connectivity index (χ1n) is 6.21. The average molecular weight is 343 g/mol. The van der Waals surface area contributed by atoms with Crippen molar-refractivity contribution in [3.8, 4) is 0 Å². The lowest BCUT2D eigenvalue weighted by atomic mass is 10.2. The molecule has 5 nitrogen and oxygen atoms in total. The number of halogens is 2. The Labute approximate surface area is 125 Å².